The molecule has 1 aliphatic rings. The molecule has 1 amide bonds. The summed E-state index contributed by atoms with van der Waals surface area (Å²) in [6.07, 6.45) is 5.81. The second-order valence-corrected chi connectivity index (χ2v) is 5.96. The number of aromatic nitrogens is 2. The third-order valence-electron chi connectivity index (χ3n) is 3.92. The van der Waals surface area contributed by atoms with Gasteiger partial charge in [0.05, 0.1) is 24.4 Å². The second kappa shape index (κ2) is 7.44. The van der Waals surface area contributed by atoms with E-state index in [1.54, 1.807) is 36.3 Å². The lowest BCUT2D eigenvalue weighted by atomic mass is 10.2. The van der Waals surface area contributed by atoms with Crippen LogP contribution in [0.15, 0.2) is 30.6 Å². The Morgan fingerprint density at radius 1 is 1.50 bits per heavy atom. The highest BCUT2D eigenvalue weighted by molar-refractivity contribution is 5.92. The standard InChI is InChI=1S/C17H21FN4O2/c1-22-11-12(9-20-22)7-17(23)21-13-4-5-16(15(18)8-13)19-10-14-3-2-6-24-14/h4-5,8-9,11,14,19H,2-3,6-7,10H2,1H3,(H,21,23)/t14-/m0/s1. The van der Waals surface area contributed by atoms with Crippen molar-refractivity contribution in [2.75, 3.05) is 23.8 Å². The minimum atomic E-state index is -0.396. The molecule has 1 aliphatic heterocycles. The molecule has 2 heterocycles. The highest BCUT2D eigenvalue weighted by atomic mass is 19.1. The van der Waals surface area contributed by atoms with Gasteiger partial charge in [-0.25, -0.2) is 4.39 Å². The van der Waals surface area contributed by atoms with Gasteiger partial charge in [0.25, 0.3) is 0 Å². The topological polar surface area (TPSA) is 68.2 Å². The van der Waals surface area contributed by atoms with Crippen LogP contribution < -0.4 is 10.6 Å². The Morgan fingerprint density at radius 2 is 2.38 bits per heavy atom. The van der Waals surface area contributed by atoms with Crippen molar-refractivity contribution < 1.29 is 13.9 Å². The lowest BCUT2D eigenvalue weighted by Crippen LogP contribution is -2.19. The molecule has 7 heteroatoms. The minimum absolute atomic E-state index is 0.142. The molecule has 1 aromatic heterocycles. The van der Waals surface area contributed by atoms with E-state index >= 15 is 0 Å². The first-order valence-corrected chi connectivity index (χ1v) is 8.02. The Morgan fingerprint density at radius 3 is 3.04 bits per heavy atom. The molecular weight excluding hydrogens is 311 g/mol. The number of carbonyl (C=O) groups is 1. The number of rotatable bonds is 6. The van der Waals surface area contributed by atoms with Gasteiger partial charge in [0.1, 0.15) is 5.82 Å². The summed E-state index contributed by atoms with van der Waals surface area (Å²) < 4.78 is 21.3. The first-order valence-electron chi connectivity index (χ1n) is 8.02. The van der Waals surface area contributed by atoms with Gasteiger partial charge in [-0.1, -0.05) is 0 Å². The molecule has 0 aliphatic carbocycles. The molecule has 0 bridgehead atoms. The number of ether oxygens (including phenoxy) is 1. The smallest absolute Gasteiger partial charge is 0.228 e. The summed E-state index contributed by atoms with van der Waals surface area (Å²) >= 11 is 0. The quantitative estimate of drug-likeness (QED) is 0.852. The Labute approximate surface area is 140 Å². The number of carbonyl (C=O) groups excluding carboxylic acids is 1. The van der Waals surface area contributed by atoms with Crippen LogP contribution in [0.25, 0.3) is 0 Å². The maximum absolute atomic E-state index is 14.1. The van der Waals surface area contributed by atoms with Crippen molar-refractivity contribution in [3.8, 4) is 0 Å². The van der Waals surface area contributed by atoms with E-state index in [4.69, 9.17) is 4.74 Å². The molecule has 128 valence electrons. The number of hydrogen-bond acceptors (Lipinski definition) is 4. The Bertz CT molecular complexity index is 710. The normalized spacial score (nSPS) is 17.0. The Hall–Kier alpha value is -2.41. The van der Waals surface area contributed by atoms with Crippen molar-refractivity contribution >= 4 is 17.3 Å². The lowest BCUT2D eigenvalue weighted by Gasteiger charge is -2.13. The third-order valence-corrected chi connectivity index (χ3v) is 3.92. The molecule has 1 fully saturated rings. The molecule has 3 rings (SSSR count). The summed E-state index contributed by atoms with van der Waals surface area (Å²) in [5, 5.41) is 9.76. The fraction of sp³-hybridized carbons (Fsp3) is 0.412. The fourth-order valence-electron chi connectivity index (χ4n) is 2.72. The van der Waals surface area contributed by atoms with E-state index in [0.717, 1.165) is 25.0 Å². The number of halogens is 1. The second-order valence-electron chi connectivity index (χ2n) is 5.96. The first kappa shape index (κ1) is 16.4. The summed E-state index contributed by atoms with van der Waals surface area (Å²) in [7, 11) is 1.79. The van der Waals surface area contributed by atoms with Crippen LogP contribution in [-0.2, 0) is 23.0 Å². The fourth-order valence-corrected chi connectivity index (χ4v) is 2.72. The van der Waals surface area contributed by atoms with Gasteiger partial charge in [-0.3, -0.25) is 9.48 Å². The predicted molar refractivity (Wildman–Crippen MR) is 89.4 cm³/mol. The average molecular weight is 332 g/mol. The van der Waals surface area contributed by atoms with Crippen LogP contribution in [-0.4, -0.2) is 34.9 Å². The van der Waals surface area contributed by atoms with Crippen molar-refractivity contribution in [2.45, 2.75) is 25.4 Å². The molecule has 0 radical (unpaired) electrons. The zero-order valence-electron chi connectivity index (χ0n) is 13.6. The largest absolute Gasteiger partial charge is 0.380 e. The number of aryl methyl sites for hydroxylation is 1. The summed E-state index contributed by atoms with van der Waals surface area (Å²) in [4.78, 5) is 12.0. The summed E-state index contributed by atoms with van der Waals surface area (Å²) in [6, 6.07) is 4.63. The van der Waals surface area contributed by atoms with E-state index in [0.29, 0.717) is 17.9 Å². The zero-order valence-corrected chi connectivity index (χ0v) is 13.6. The summed E-state index contributed by atoms with van der Waals surface area (Å²) in [5.74, 6) is -0.602. The van der Waals surface area contributed by atoms with Crippen LogP contribution in [0.2, 0.25) is 0 Å². The van der Waals surface area contributed by atoms with E-state index in [9.17, 15) is 9.18 Å². The average Bonchev–Trinajstić information content (AvgIpc) is 3.18. The lowest BCUT2D eigenvalue weighted by molar-refractivity contribution is -0.115. The van der Waals surface area contributed by atoms with E-state index in [1.807, 2.05) is 0 Å². The van der Waals surface area contributed by atoms with E-state index in [2.05, 4.69) is 15.7 Å². The van der Waals surface area contributed by atoms with Crippen molar-refractivity contribution in [3.05, 3.63) is 42.0 Å². The number of nitrogens with one attached hydrogen (secondary N) is 2. The molecule has 2 N–H and O–H groups in total. The SMILES string of the molecule is Cn1cc(CC(=O)Nc2ccc(NC[C@@H]3CCCO3)c(F)c2)cn1. The van der Waals surface area contributed by atoms with Gasteiger partial charge in [-0.05, 0) is 36.6 Å². The van der Waals surface area contributed by atoms with Crippen molar-refractivity contribution in [2.24, 2.45) is 7.05 Å². The van der Waals surface area contributed by atoms with Crippen LogP contribution in [0, 0.1) is 5.82 Å². The van der Waals surface area contributed by atoms with Gasteiger partial charge in [0.2, 0.25) is 5.91 Å². The minimum Gasteiger partial charge on any atom is -0.380 e. The molecule has 0 spiro atoms. The van der Waals surface area contributed by atoms with Crippen LogP contribution in [0.3, 0.4) is 0 Å². The third kappa shape index (κ3) is 4.32. The maximum Gasteiger partial charge on any atom is 0.228 e. The van der Waals surface area contributed by atoms with Gasteiger partial charge >= 0.3 is 0 Å². The monoisotopic (exact) mass is 332 g/mol. The molecule has 24 heavy (non-hydrogen) atoms. The number of hydrogen-bond donors (Lipinski definition) is 2. The Kier molecular flexibility index (Phi) is 5.10. The number of benzene rings is 1. The van der Waals surface area contributed by atoms with Gasteiger partial charge in [0, 0.05) is 32.1 Å². The molecule has 1 aromatic carbocycles. The van der Waals surface area contributed by atoms with Crippen molar-refractivity contribution in [1.82, 2.24) is 9.78 Å². The van der Waals surface area contributed by atoms with Crippen LogP contribution >= 0.6 is 0 Å². The summed E-state index contributed by atoms with van der Waals surface area (Å²) in [5.41, 5.74) is 1.66. The van der Waals surface area contributed by atoms with Crippen molar-refractivity contribution in [1.29, 1.82) is 0 Å². The Balaban J connectivity index is 1.54. The molecular formula is C17H21FN4O2. The molecule has 0 saturated carbocycles. The molecule has 2 aromatic rings. The molecule has 1 atom stereocenters. The number of nitrogens with zero attached hydrogens (tertiary/aromatic N) is 2. The summed E-state index contributed by atoms with van der Waals surface area (Å²) in [6.45, 7) is 1.36. The highest BCUT2D eigenvalue weighted by Crippen LogP contribution is 2.20. The van der Waals surface area contributed by atoms with Gasteiger partial charge in [-0.2, -0.15) is 5.10 Å². The zero-order chi connectivity index (χ0) is 16.9. The van der Waals surface area contributed by atoms with E-state index < -0.39 is 5.82 Å². The molecule has 6 nitrogen and oxygen atoms in total. The molecule has 1 saturated heterocycles. The predicted octanol–water partition coefficient (Wildman–Crippen LogP) is 2.33. The van der Waals surface area contributed by atoms with Crippen molar-refractivity contribution in [3.63, 3.8) is 0 Å². The van der Waals surface area contributed by atoms with Crippen LogP contribution in [0.5, 0.6) is 0 Å². The van der Waals surface area contributed by atoms with Gasteiger partial charge in [-0.15, -0.1) is 0 Å². The van der Waals surface area contributed by atoms with Gasteiger partial charge < -0.3 is 15.4 Å². The van der Waals surface area contributed by atoms with Crippen LogP contribution in [0.4, 0.5) is 15.8 Å². The molecule has 0 unspecified atom stereocenters. The maximum atomic E-state index is 14.1. The van der Waals surface area contributed by atoms with E-state index in [-0.39, 0.29) is 18.4 Å². The highest BCUT2D eigenvalue weighted by Gasteiger charge is 2.16. The van der Waals surface area contributed by atoms with Crippen LogP contribution in [0.1, 0.15) is 18.4 Å². The van der Waals surface area contributed by atoms with E-state index in [1.165, 1.54) is 6.07 Å². The first-order chi connectivity index (χ1) is 11.6. The number of anilines is 2. The van der Waals surface area contributed by atoms with Gasteiger partial charge in [0.15, 0.2) is 0 Å². The number of amides is 1.